The van der Waals surface area contributed by atoms with E-state index in [9.17, 15) is 27.6 Å². The fourth-order valence-electron chi connectivity index (χ4n) is 3.42. The molecule has 0 radical (unpaired) electrons. The number of hydrogen-bond acceptors (Lipinski definition) is 4. The maximum absolute atomic E-state index is 13.4. The summed E-state index contributed by atoms with van der Waals surface area (Å²) in [6, 6.07) is 6.73. The molecule has 1 aromatic carbocycles. The molecule has 1 amide bonds. The molecule has 2 heterocycles. The van der Waals surface area contributed by atoms with Crippen molar-refractivity contribution in [3.8, 4) is 6.07 Å². The van der Waals surface area contributed by atoms with E-state index in [-0.39, 0.29) is 29.5 Å². The first-order valence-electron chi connectivity index (χ1n) is 8.96. The van der Waals surface area contributed by atoms with E-state index in [1.165, 1.54) is 35.9 Å². The molecule has 1 fully saturated rings. The summed E-state index contributed by atoms with van der Waals surface area (Å²) >= 11 is 5.79. The first-order valence-corrected chi connectivity index (χ1v) is 9.34. The highest BCUT2D eigenvalue weighted by Crippen LogP contribution is 2.35. The van der Waals surface area contributed by atoms with Crippen LogP contribution < -0.4 is 9.80 Å². The molecule has 30 heavy (non-hydrogen) atoms. The Labute approximate surface area is 175 Å². The number of carbonyl (C=O) groups excluding carboxylic acids is 1. The Bertz CT molecular complexity index is 1020. The molecule has 0 spiro atoms. The minimum Gasteiger partial charge on any atom is -0.343 e. The van der Waals surface area contributed by atoms with Crippen molar-refractivity contribution in [1.29, 1.82) is 5.26 Å². The predicted octanol–water partition coefficient (Wildman–Crippen LogP) is 4.58. The third kappa shape index (κ3) is 4.33. The van der Waals surface area contributed by atoms with Gasteiger partial charge in [-0.05, 0) is 43.7 Å². The molecule has 0 N–H and O–H groups in total. The van der Waals surface area contributed by atoms with Gasteiger partial charge in [-0.1, -0.05) is 11.6 Å². The molecule has 0 aliphatic carbocycles. The van der Waals surface area contributed by atoms with Gasteiger partial charge in [0, 0.05) is 25.0 Å². The van der Waals surface area contributed by atoms with Gasteiger partial charge in [-0.15, -0.1) is 0 Å². The van der Waals surface area contributed by atoms with Gasteiger partial charge in [0.1, 0.15) is 17.7 Å². The summed E-state index contributed by atoms with van der Waals surface area (Å²) < 4.78 is 53.1. The molecule has 0 saturated carbocycles. The van der Waals surface area contributed by atoms with Crippen molar-refractivity contribution in [2.24, 2.45) is 5.92 Å². The zero-order valence-electron chi connectivity index (χ0n) is 16.0. The largest absolute Gasteiger partial charge is 0.416 e. The highest BCUT2D eigenvalue weighted by atomic mass is 35.5. The Kier molecular flexibility index (Phi) is 5.90. The third-order valence-corrected chi connectivity index (χ3v) is 5.24. The van der Waals surface area contributed by atoms with E-state index in [0.29, 0.717) is 5.69 Å². The number of nitrogens with zero attached hydrogens (tertiary/aromatic N) is 4. The predicted molar refractivity (Wildman–Crippen MR) is 104 cm³/mol. The summed E-state index contributed by atoms with van der Waals surface area (Å²) in [4.78, 5) is 20.0. The summed E-state index contributed by atoms with van der Waals surface area (Å²) in [7, 11) is 1.45. The summed E-state index contributed by atoms with van der Waals surface area (Å²) in [5.41, 5.74) is -0.416. The number of aryl methyl sites for hydroxylation is 1. The average molecular weight is 441 g/mol. The molecule has 3 rings (SSSR count). The quantitative estimate of drug-likeness (QED) is 0.655. The SMILES string of the molecule is Cc1cc(C(F)(F)F)cc(N2CC(C#N)CC2C(=O)N(C)c2ccc(F)c(Cl)c2)n1. The van der Waals surface area contributed by atoms with E-state index >= 15 is 0 Å². The molecule has 158 valence electrons. The number of halogens is 5. The second kappa shape index (κ2) is 8.11. The Balaban J connectivity index is 1.97. The van der Waals surface area contributed by atoms with Crippen LogP contribution in [0.1, 0.15) is 17.7 Å². The number of nitriles is 1. The van der Waals surface area contributed by atoms with Crippen molar-refractivity contribution in [3.05, 3.63) is 52.4 Å². The molecule has 1 aliphatic heterocycles. The number of benzene rings is 1. The minimum atomic E-state index is -4.57. The molecule has 5 nitrogen and oxygen atoms in total. The van der Waals surface area contributed by atoms with Crippen molar-refractivity contribution in [2.75, 3.05) is 23.4 Å². The van der Waals surface area contributed by atoms with E-state index in [1.807, 2.05) is 0 Å². The Morgan fingerprint density at radius 1 is 1.33 bits per heavy atom. The first-order chi connectivity index (χ1) is 14.0. The second-order valence-electron chi connectivity index (χ2n) is 7.08. The fourth-order valence-corrected chi connectivity index (χ4v) is 3.60. The Morgan fingerprint density at radius 3 is 2.63 bits per heavy atom. The molecule has 2 aromatic rings. The van der Waals surface area contributed by atoms with Crippen molar-refractivity contribution >= 4 is 29.0 Å². The normalized spacial score (nSPS) is 18.9. The van der Waals surface area contributed by atoms with Crippen LogP contribution in [0.15, 0.2) is 30.3 Å². The summed E-state index contributed by atoms with van der Waals surface area (Å²) in [5.74, 6) is -1.69. The molecular weight excluding hydrogens is 424 g/mol. The molecule has 2 unspecified atom stereocenters. The lowest BCUT2D eigenvalue weighted by Gasteiger charge is -2.29. The number of rotatable bonds is 3. The van der Waals surface area contributed by atoms with Crippen molar-refractivity contribution in [3.63, 3.8) is 0 Å². The summed E-state index contributed by atoms with van der Waals surface area (Å²) in [6.45, 7) is 1.50. The average Bonchev–Trinajstić information content (AvgIpc) is 3.12. The zero-order valence-corrected chi connectivity index (χ0v) is 16.8. The second-order valence-corrected chi connectivity index (χ2v) is 7.49. The fraction of sp³-hybridized carbons (Fsp3) is 0.350. The molecule has 2 atom stereocenters. The zero-order chi connectivity index (χ0) is 22.2. The van der Waals surface area contributed by atoms with Crippen LogP contribution in [0, 0.1) is 30.0 Å². The molecule has 1 aliphatic rings. The van der Waals surface area contributed by atoms with Gasteiger partial charge in [0.2, 0.25) is 5.91 Å². The van der Waals surface area contributed by atoms with Crippen molar-refractivity contribution in [1.82, 2.24) is 4.98 Å². The van der Waals surface area contributed by atoms with E-state index in [0.717, 1.165) is 18.2 Å². The highest BCUT2D eigenvalue weighted by Gasteiger charge is 2.40. The van der Waals surface area contributed by atoms with Crippen LogP contribution in [0.25, 0.3) is 0 Å². The van der Waals surface area contributed by atoms with Gasteiger partial charge in [0.25, 0.3) is 0 Å². The molecule has 1 aromatic heterocycles. The van der Waals surface area contributed by atoms with Crippen LogP contribution in [0.2, 0.25) is 5.02 Å². The van der Waals surface area contributed by atoms with Gasteiger partial charge < -0.3 is 9.80 Å². The number of anilines is 2. The highest BCUT2D eigenvalue weighted by molar-refractivity contribution is 6.31. The van der Waals surface area contributed by atoms with Crippen LogP contribution in [0.5, 0.6) is 0 Å². The van der Waals surface area contributed by atoms with Crippen LogP contribution in [-0.4, -0.2) is 30.5 Å². The number of amides is 1. The maximum atomic E-state index is 13.4. The van der Waals surface area contributed by atoms with Gasteiger partial charge in [0.15, 0.2) is 0 Å². The van der Waals surface area contributed by atoms with Gasteiger partial charge in [-0.3, -0.25) is 4.79 Å². The lowest BCUT2D eigenvalue weighted by atomic mass is 10.1. The maximum Gasteiger partial charge on any atom is 0.416 e. The number of carbonyl (C=O) groups is 1. The topological polar surface area (TPSA) is 60.2 Å². The molecule has 0 bridgehead atoms. The van der Waals surface area contributed by atoms with Crippen LogP contribution in [-0.2, 0) is 11.0 Å². The molecule has 1 saturated heterocycles. The summed E-state index contributed by atoms with van der Waals surface area (Å²) in [5, 5.41) is 9.16. The summed E-state index contributed by atoms with van der Waals surface area (Å²) in [6.07, 6.45) is -4.44. The Morgan fingerprint density at radius 2 is 2.03 bits per heavy atom. The van der Waals surface area contributed by atoms with Gasteiger partial charge >= 0.3 is 6.18 Å². The molecular formula is C20H17ClF4N4O. The number of likely N-dealkylation sites (N-methyl/N-ethyl adjacent to an activating group) is 1. The lowest BCUT2D eigenvalue weighted by Crippen LogP contribution is -2.44. The lowest BCUT2D eigenvalue weighted by molar-refractivity contribution is -0.137. The number of pyridine rings is 1. The van der Waals surface area contributed by atoms with Crippen molar-refractivity contribution in [2.45, 2.75) is 25.6 Å². The Hall–Kier alpha value is -2.86. The monoisotopic (exact) mass is 440 g/mol. The smallest absolute Gasteiger partial charge is 0.343 e. The number of aromatic nitrogens is 1. The van der Waals surface area contributed by atoms with Gasteiger partial charge in [-0.2, -0.15) is 18.4 Å². The van der Waals surface area contributed by atoms with Crippen molar-refractivity contribution < 1.29 is 22.4 Å². The van der Waals surface area contributed by atoms with Crippen LogP contribution in [0.3, 0.4) is 0 Å². The third-order valence-electron chi connectivity index (χ3n) is 4.95. The van der Waals surface area contributed by atoms with E-state index in [2.05, 4.69) is 11.1 Å². The van der Waals surface area contributed by atoms with E-state index in [4.69, 9.17) is 11.6 Å². The first kappa shape index (κ1) is 21.8. The molecule has 10 heteroatoms. The standard InChI is InChI=1S/C20H17ClF4N4O/c1-11-5-13(20(23,24)25)7-18(27-11)29-10-12(9-26)6-17(29)19(30)28(2)14-3-4-16(22)15(21)8-14/h3-5,7-8,12,17H,6,10H2,1-2H3. The van der Waals surface area contributed by atoms with E-state index in [1.54, 1.807) is 0 Å². The number of alkyl halides is 3. The van der Waals surface area contributed by atoms with Crippen LogP contribution >= 0.6 is 11.6 Å². The van der Waals surface area contributed by atoms with Crippen LogP contribution in [0.4, 0.5) is 29.1 Å². The number of hydrogen-bond donors (Lipinski definition) is 0. The van der Waals surface area contributed by atoms with Gasteiger partial charge in [-0.25, -0.2) is 9.37 Å². The van der Waals surface area contributed by atoms with Gasteiger partial charge in [0.05, 0.1) is 22.6 Å². The minimum absolute atomic E-state index is 0.0241. The van der Waals surface area contributed by atoms with E-state index < -0.39 is 35.4 Å².